The van der Waals surface area contributed by atoms with Crippen molar-refractivity contribution in [1.29, 1.82) is 0 Å². The first kappa shape index (κ1) is 14.0. The van der Waals surface area contributed by atoms with Crippen molar-refractivity contribution in [3.8, 4) is 5.75 Å². The summed E-state index contributed by atoms with van der Waals surface area (Å²) in [6, 6.07) is 5.12. The summed E-state index contributed by atoms with van der Waals surface area (Å²) in [5.74, 6) is 0.942. The number of carbonyl (C=O) groups excluding carboxylic acids is 1. The highest BCUT2D eigenvalue weighted by Crippen LogP contribution is 2.10. The molecule has 0 saturated carbocycles. The molecule has 0 atom stereocenters. The zero-order valence-electron chi connectivity index (χ0n) is 11.5. The Hall–Kier alpha value is -2.37. The van der Waals surface area contributed by atoms with Crippen LogP contribution in [0.4, 0.5) is 0 Å². The van der Waals surface area contributed by atoms with Crippen LogP contribution in [0.25, 0.3) is 0 Å². The Morgan fingerprint density at radius 2 is 2.30 bits per heavy atom. The standard InChI is InChI=1S/C14H17N3O3/c1-3-4-10-7-12(20-17-10)9-16-14(18)13-8-11(19-2)5-6-15-13/h5-8H,3-4,9H2,1-2H3,(H,16,18). The van der Waals surface area contributed by atoms with Gasteiger partial charge in [-0.2, -0.15) is 0 Å². The average Bonchev–Trinajstić information content (AvgIpc) is 2.93. The van der Waals surface area contributed by atoms with E-state index in [0.29, 0.717) is 17.2 Å². The Bertz CT molecular complexity index is 581. The lowest BCUT2D eigenvalue weighted by Gasteiger charge is -2.04. The molecule has 1 amide bonds. The molecule has 0 unspecified atom stereocenters. The quantitative estimate of drug-likeness (QED) is 0.872. The van der Waals surface area contributed by atoms with Gasteiger partial charge in [-0.15, -0.1) is 0 Å². The summed E-state index contributed by atoms with van der Waals surface area (Å²) >= 11 is 0. The SMILES string of the molecule is CCCc1cc(CNC(=O)c2cc(OC)ccn2)on1. The van der Waals surface area contributed by atoms with Crippen LogP contribution in [0.5, 0.6) is 5.75 Å². The third-order valence-electron chi connectivity index (χ3n) is 2.74. The van der Waals surface area contributed by atoms with Gasteiger partial charge < -0.3 is 14.6 Å². The van der Waals surface area contributed by atoms with Crippen molar-refractivity contribution < 1.29 is 14.1 Å². The Morgan fingerprint density at radius 3 is 3.05 bits per heavy atom. The van der Waals surface area contributed by atoms with Gasteiger partial charge in [-0.3, -0.25) is 9.78 Å². The second kappa shape index (κ2) is 6.70. The molecule has 0 spiro atoms. The van der Waals surface area contributed by atoms with Crippen LogP contribution >= 0.6 is 0 Å². The lowest BCUT2D eigenvalue weighted by molar-refractivity contribution is 0.0941. The number of ether oxygens (including phenoxy) is 1. The van der Waals surface area contributed by atoms with Crippen molar-refractivity contribution in [1.82, 2.24) is 15.5 Å². The van der Waals surface area contributed by atoms with Crippen LogP contribution in [0.2, 0.25) is 0 Å². The topological polar surface area (TPSA) is 77.2 Å². The predicted octanol–water partition coefficient (Wildman–Crippen LogP) is 1.96. The molecular weight excluding hydrogens is 258 g/mol. The molecule has 0 aromatic carbocycles. The van der Waals surface area contributed by atoms with E-state index in [1.807, 2.05) is 6.07 Å². The van der Waals surface area contributed by atoms with Crippen LogP contribution in [0, 0.1) is 0 Å². The zero-order chi connectivity index (χ0) is 14.4. The number of pyridine rings is 1. The Balaban J connectivity index is 1.93. The van der Waals surface area contributed by atoms with Gasteiger partial charge in [0, 0.05) is 18.3 Å². The molecule has 2 aromatic rings. The largest absolute Gasteiger partial charge is 0.497 e. The summed E-state index contributed by atoms with van der Waals surface area (Å²) in [6.07, 6.45) is 3.41. The highest BCUT2D eigenvalue weighted by Gasteiger charge is 2.10. The normalized spacial score (nSPS) is 10.3. The zero-order valence-corrected chi connectivity index (χ0v) is 11.5. The number of hydrogen-bond acceptors (Lipinski definition) is 5. The number of aromatic nitrogens is 2. The van der Waals surface area contributed by atoms with Gasteiger partial charge in [0.1, 0.15) is 11.4 Å². The van der Waals surface area contributed by atoms with E-state index in [0.717, 1.165) is 18.5 Å². The molecule has 0 saturated heterocycles. The van der Waals surface area contributed by atoms with Crippen molar-refractivity contribution in [3.63, 3.8) is 0 Å². The number of rotatable bonds is 6. The van der Waals surface area contributed by atoms with Crippen LogP contribution < -0.4 is 10.1 Å². The Labute approximate surface area is 117 Å². The summed E-state index contributed by atoms with van der Waals surface area (Å²) in [6.45, 7) is 2.36. The lowest BCUT2D eigenvalue weighted by Crippen LogP contribution is -2.23. The maximum atomic E-state index is 11.9. The van der Waals surface area contributed by atoms with Gasteiger partial charge in [-0.1, -0.05) is 18.5 Å². The first-order valence-electron chi connectivity index (χ1n) is 6.45. The minimum absolute atomic E-state index is 0.280. The third-order valence-corrected chi connectivity index (χ3v) is 2.74. The highest BCUT2D eigenvalue weighted by molar-refractivity contribution is 5.92. The van der Waals surface area contributed by atoms with Gasteiger partial charge in [0.05, 0.1) is 19.3 Å². The average molecular weight is 275 g/mol. The molecule has 2 heterocycles. The van der Waals surface area contributed by atoms with Crippen LogP contribution in [0.15, 0.2) is 28.9 Å². The molecule has 0 aliphatic rings. The van der Waals surface area contributed by atoms with E-state index in [1.165, 1.54) is 6.20 Å². The number of methoxy groups -OCH3 is 1. The van der Waals surface area contributed by atoms with Crippen molar-refractivity contribution in [2.24, 2.45) is 0 Å². The van der Waals surface area contributed by atoms with Crippen molar-refractivity contribution in [2.45, 2.75) is 26.3 Å². The monoisotopic (exact) mass is 275 g/mol. The number of amides is 1. The Morgan fingerprint density at radius 1 is 1.45 bits per heavy atom. The number of nitrogens with one attached hydrogen (secondary N) is 1. The maximum absolute atomic E-state index is 11.9. The van der Waals surface area contributed by atoms with Gasteiger partial charge in [0.15, 0.2) is 5.76 Å². The smallest absolute Gasteiger partial charge is 0.270 e. The summed E-state index contributed by atoms with van der Waals surface area (Å²) in [7, 11) is 1.54. The molecule has 0 bridgehead atoms. The number of hydrogen-bond donors (Lipinski definition) is 1. The van der Waals surface area contributed by atoms with E-state index < -0.39 is 0 Å². The molecule has 2 rings (SSSR count). The summed E-state index contributed by atoms with van der Waals surface area (Å²) < 4.78 is 10.2. The maximum Gasteiger partial charge on any atom is 0.270 e. The lowest BCUT2D eigenvalue weighted by atomic mass is 10.2. The molecule has 0 radical (unpaired) electrons. The van der Waals surface area contributed by atoms with E-state index in [1.54, 1.807) is 19.2 Å². The molecule has 0 fully saturated rings. The highest BCUT2D eigenvalue weighted by atomic mass is 16.5. The fraction of sp³-hybridized carbons (Fsp3) is 0.357. The van der Waals surface area contributed by atoms with Gasteiger partial charge in [0.2, 0.25) is 0 Å². The molecule has 0 aliphatic carbocycles. The second-order valence-corrected chi connectivity index (χ2v) is 4.30. The van der Waals surface area contributed by atoms with Crippen molar-refractivity contribution in [2.75, 3.05) is 7.11 Å². The molecule has 1 N–H and O–H groups in total. The number of carbonyl (C=O) groups is 1. The van der Waals surface area contributed by atoms with Gasteiger partial charge >= 0.3 is 0 Å². The molecule has 20 heavy (non-hydrogen) atoms. The van der Waals surface area contributed by atoms with Gasteiger partial charge in [-0.05, 0) is 12.5 Å². The van der Waals surface area contributed by atoms with Gasteiger partial charge in [-0.25, -0.2) is 0 Å². The summed E-state index contributed by atoms with van der Waals surface area (Å²) in [5.41, 5.74) is 1.20. The van der Waals surface area contributed by atoms with E-state index >= 15 is 0 Å². The fourth-order valence-corrected chi connectivity index (χ4v) is 1.73. The van der Waals surface area contributed by atoms with Crippen LogP contribution in [0.3, 0.4) is 0 Å². The van der Waals surface area contributed by atoms with E-state index in [9.17, 15) is 4.79 Å². The molecule has 106 valence electrons. The fourth-order valence-electron chi connectivity index (χ4n) is 1.73. The summed E-state index contributed by atoms with van der Waals surface area (Å²) in [5, 5.41) is 6.65. The minimum Gasteiger partial charge on any atom is -0.497 e. The molecule has 2 aromatic heterocycles. The number of nitrogens with zero attached hydrogens (tertiary/aromatic N) is 2. The first-order chi connectivity index (χ1) is 9.72. The van der Waals surface area contributed by atoms with Crippen LogP contribution in [-0.2, 0) is 13.0 Å². The molecule has 6 heteroatoms. The van der Waals surface area contributed by atoms with Crippen molar-refractivity contribution in [3.05, 3.63) is 41.5 Å². The molecule has 6 nitrogen and oxygen atoms in total. The van der Waals surface area contributed by atoms with E-state index in [4.69, 9.17) is 9.26 Å². The van der Waals surface area contributed by atoms with E-state index in [-0.39, 0.29) is 12.5 Å². The molecule has 0 aliphatic heterocycles. The third kappa shape index (κ3) is 3.57. The minimum atomic E-state index is -0.280. The van der Waals surface area contributed by atoms with Crippen LogP contribution in [0.1, 0.15) is 35.3 Å². The first-order valence-corrected chi connectivity index (χ1v) is 6.45. The Kier molecular flexibility index (Phi) is 4.70. The molecular formula is C14H17N3O3. The van der Waals surface area contributed by atoms with Gasteiger partial charge in [0.25, 0.3) is 5.91 Å². The predicted molar refractivity (Wildman–Crippen MR) is 72.5 cm³/mol. The second-order valence-electron chi connectivity index (χ2n) is 4.30. The summed E-state index contributed by atoms with van der Waals surface area (Å²) in [4.78, 5) is 15.9. The number of aryl methyl sites for hydroxylation is 1. The van der Waals surface area contributed by atoms with E-state index in [2.05, 4.69) is 22.4 Å². The van der Waals surface area contributed by atoms with Crippen LogP contribution in [-0.4, -0.2) is 23.2 Å². The van der Waals surface area contributed by atoms with Crippen molar-refractivity contribution >= 4 is 5.91 Å².